The Bertz CT molecular complexity index is 1280. The Hall–Kier alpha value is -3.93. The molecule has 1 N–H and O–H groups in total. The van der Waals surface area contributed by atoms with Gasteiger partial charge in [-0.05, 0) is 68.2 Å². The van der Waals surface area contributed by atoms with Crippen molar-refractivity contribution in [2.45, 2.75) is 39.7 Å². The van der Waals surface area contributed by atoms with E-state index in [1.165, 1.54) is 6.21 Å². The molecule has 0 aromatic heterocycles. The Labute approximate surface area is 212 Å². The van der Waals surface area contributed by atoms with Crippen LogP contribution in [0.2, 0.25) is 0 Å². The minimum Gasteiger partial charge on any atom is -0.484 e. The minimum absolute atomic E-state index is 0.190. The molecule has 1 aliphatic rings. The molecule has 0 radical (unpaired) electrons. The number of hydrogen-bond donors (Lipinski definition) is 1. The molecule has 0 bridgehead atoms. The molecule has 3 aromatic carbocycles. The van der Waals surface area contributed by atoms with Crippen LogP contribution in [-0.2, 0) is 4.79 Å². The van der Waals surface area contributed by atoms with E-state index in [1.807, 2.05) is 61.5 Å². The van der Waals surface area contributed by atoms with Crippen LogP contribution in [-0.4, -0.2) is 30.8 Å². The average Bonchev–Trinajstić information content (AvgIpc) is 2.86. The van der Waals surface area contributed by atoms with Gasteiger partial charge in [-0.25, -0.2) is 9.82 Å². The molecule has 0 saturated carbocycles. The summed E-state index contributed by atoms with van der Waals surface area (Å²) >= 11 is 0. The number of nitrogens with one attached hydrogen (secondary N) is 1. The molecule has 186 valence electrons. The summed E-state index contributed by atoms with van der Waals surface area (Å²) in [6.07, 6.45) is 4.50. The molecule has 3 aromatic rings. The predicted octanol–water partition coefficient (Wildman–Crippen LogP) is 6.43. The zero-order chi connectivity index (χ0) is 25.7. The fraction of sp³-hybridized carbons (Fsp3) is 0.267. The normalized spacial score (nSPS) is 14.4. The Balaban J connectivity index is 1.37. The van der Waals surface area contributed by atoms with E-state index >= 15 is 0 Å². The Morgan fingerprint density at radius 1 is 1.08 bits per heavy atom. The number of hydrazone groups is 1. The van der Waals surface area contributed by atoms with Gasteiger partial charge in [0.15, 0.2) is 6.61 Å². The number of halogens is 1. The summed E-state index contributed by atoms with van der Waals surface area (Å²) < 4.78 is 20.5. The number of anilines is 1. The molecular weight excluding hydrogens is 453 g/mol. The van der Waals surface area contributed by atoms with Crippen molar-refractivity contribution in [3.05, 3.63) is 89.8 Å². The Morgan fingerprint density at radius 3 is 2.47 bits per heavy atom. The van der Waals surface area contributed by atoms with Gasteiger partial charge in [0.2, 0.25) is 0 Å². The third-order valence-electron chi connectivity index (χ3n) is 6.27. The van der Waals surface area contributed by atoms with Crippen LogP contribution in [0.4, 0.5) is 10.1 Å². The molecule has 0 aliphatic carbocycles. The van der Waals surface area contributed by atoms with Gasteiger partial charge in [0, 0.05) is 23.4 Å². The van der Waals surface area contributed by atoms with Gasteiger partial charge >= 0.3 is 0 Å². The highest BCUT2D eigenvalue weighted by atomic mass is 19.1. The van der Waals surface area contributed by atoms with Crippen molar-refractivity contribution in [1.82, 2.24) is 5.43 Å². The SMILES string of the molecule is CCCN1c2cc(F)c(/C=N/NC(=O)COc3ccc(-c4ccccc4)cc3)cc2C(C)=CC1(C)C. The van der Waals surface area contributed by atoms with Crippen LogP contribution in [0, 0.1) is 5.82 Å². The molecule has 1 amide bonds. The number of hydrogen-bond acceptors (Lipinski definition) is 4. The zero-order valence-electron chi connectivity index (χ0n) is 21.2. The summed E-state index contributed by atoms with van der Waals surface area (Å²) in [5, 5.41) is 3.95. The smallest absolute Gasteiger partial charge is 0.277 e. The van der Waals surface area contributed by atoms with Gasteiger partial charge in [0.1, 0.15) is 11.6 Å². The highest BCUT2D eigenvalue weighted by Gasteiger charge is 2.31. The van der Waals surface area contributed by atoms with Crippen molar-refractivity contribution in [3.63, 3.8) is 0 Å². The first-order valence-electron chi connectivity index (χ1n) is 12.2. The summed E-state index contributed by atoms with van der Waals surface area (Å²) in [7, 11) is 0. The van der Waals surface area contributed by atoms with Crippen LogP contribution in [0.5, 0.6) is 5.75 Å². The number of nitrogens with zero attached hydrogens (tertiary/aromatic N) is 2. The molecule has 5 nitrogen and oxygen atoms in total. The van der Waals surface area contributed by atoms with E-state index < -0.39 is 5.91 Å². The number of carbonyl (C=O) groups is 1. The van der Waals surface area contributed by atoms with E-state index in [9.17, 15) is 9.18 Å². The van der Waals surface area contributed by atoms with Crippen molar-refractivity contribution in [3.8, 4) is 16.9 Å². The highest BCUT2D eigenvalue weighted by molar-refractivity contribution is 5.89. The molecule has 0 unspecified atom stereocenters. The number of allylic oxidation sites excluding steroid dienone is 1. The van der Waals surface area contributed by atoms with Crippen LogP contribution >= 0.6 is 0 Å². The molecule has 36 heavy (non-hydrogen) atoms. The van der Waals surface area contributed by atoms with Crippen molar-refractivity contribution in [2.75, 3.05) is 18.1 Å². The summed E-state index contributed by atoms with van der Waals surface area (Å²) in [6, 6.07) is 20.9. The molecule has 0 saturated heterocycles. The van der Waals surface area contributed by atoms with Gasteiger partial charge in [-0.2, -0.15) is 5.10 Å². The van der Waals surface area contributed by atoms with Gasteiger partial charge < -0.3 is 9.64 Å². The van der Waals surface area contributed by atoms with Gasteiger partial charge in [0.25, 0.3) is 5.91 Å². The van der Waals surface area contributed by atoms with Gasteiger partial charge in [-0.15, -0.1) is 0 Å². The monoisotopic (exact) mass is 485 g/mol. The maximum absolute atomic E-state index is 14.9. The van der Waals surface area contributed by atoms with Crippen molar-refractivity contribution in [1.29, 1.82) is 0 Å². The lowest BCUT2D eigenvalue weighted by Crippen LogP contribution is -2.45. The summed E-state index contributed by atoms with van der Waals surface area (Å²) in [5.74, 6) is -0.229. The van der Waals surface area contributed by atoms with E-state index in [0.717, 1.165) is 40.9 Å². The second kappa shape index (κ2) is 10.8. The number of benzene rings is 3. The molecule has 0 fully saturated rings. The predicted molar refractivity (Wildman–Crippen MR) is 145 cm³/mol. The third kappa shape index (κ3) is 5.65. The lowest BCUT2D eigenvalue weighted by Gasteiger charge is -2.43. The van der Waals surface area contributed by atoms with Crippen LogP contribution in [0.25, 0.3) is 16.7 Å². The quantitative estimate of drug-likeness (QED) is 0.295. The molecule has 1 aliphatic heterocycles. The second-order valence-corrected chi connectivity index (χ2v) is 9.50. The number of rotatable bonds is 8. The number of fused-ring (bicyclic) bond motifs is 1. The van der Waals surface area contributed by atoms with Crippen molar-refractivity contribution in [2.24, 2.45) is 5.10 Å². The first-order valence-corrected chi connectivity index (χ1v) is 12.2. The van der Waals surface area contributed by atoms with Crippen LogP contribution in [0.1, 0.15) is 45.2 Å². The number of amides is 1. The zero-order valence-corrected chi connectivity index (χ0v) is 21.2. The highest BCUT2D eigenvalue weighted by Crippen LogP contribution is 2.40. The summed E-state index contributed by atoms with van der Waals surface area (Å²) in [5.41, 5.74) is 7.66. The Morgan fingerprint density at radius 2 is 1.78 bits per heavy atom. The maximum Gasteiger partial charge on any atom is 0.277 e. The van der Waals surface area contributed by atoms with Crippen LogP contribution in [0.3, 0.4) is 0 Å². The van der Waals surface area contributed by atoms with Crippen LogP contribution in [0.15, 0.2) is 77.9 Å². The topological polar surface area (TPSA) is 53.9 Å². The molecule has 6 heteroatoms. The lowest BCUT2D eigenvalue weighted by atomic mass is 9.88. The molecule has 4 rings (SSSR count). The van der Waals surface area contributed by atoms with E-state index in [4.69, 9.17) is 4.74 Å². The third-order valence-corrected chi connectivity index (χ3v) is 6.27. The van der Waals surface area contributed by atoms with E-state index in [1.54, 1.807) is 12.1 Å². The Kier molecular flexibility index (Phi) is 7.53. The molecule has 0 spiro atoms. The molecule has 1 heterocycles. The van der Waals surface area contributed by atoms with E-state index in [-0.39, 0.29) is 18.0 Å². The van der Waals surface area contributed by atoms with E-state index in [2.05, 4.69) is 42.3 Å². The standard InChI is InChI=1S/C30H32FN3O2/c1-5-15-34-28-17-27(31)24(16-26(28)21(2)18-30(34,3)4)19-32-33-29(35)20-36-25-13-11-23(12-14-25)22-9-7-6-8-10-22/h6-14,16-19H,5,15,20H2,1-4H3,(H,33,35)/b32-19+. The van der Waals surface area contributed by atoms with E-state index in [0.29, 0.717) is 11.3 Å². The van der Waals surface area contributed by atoms with Crippen molar-refractivity contribution >= 4 is 23.4 Å². The second-order valence-electron chi connectivity index (χ2n) is 9.50. The fourth-order valence-corrected chi connectivity index (χ4v) is 4.57. The van der Waals surface area contributed by atoms with Crippen LogP contribution < -0.4 is 15.1 Å². The summed E-state index contributed by atoms with van der Waals surface area (Å²) in [6.45, 7) is 9.06. The van der Waals surface area contributed by atoms with Gasteiger partial charge in [-0.1, -0.05) is 55.5 Å². The molecular formula is C30H32FN3O2. The first kappa shape index (κ1) is 25.2. The summed E-state index contributed by atoms with van der Waals surface area (Å²) in [4.78, 5) is 14.4. The first-order chi connectivity index (χ1) is 17.3. The molecule has 0 atom stereocenters. The number of carbonyl (C=O) groups excluding carboxylic acids is 1. The fourth-order valence-electron chi connectivity index (χ4n) is 4.57. The average molecular weight is 486 g/mol. The largest absolute Gasteiger partial charge is 0.484 e. The lowest BCUT2D eigenvalue weighted by molar-refractivity contribution is -0.123. The maximum atomic E-state index is 14.9. The minimum atomic E-state index is -0.427. The van der Waals surface area contributed by atoms with Gasteiger partial charge in [-0.3, -0.25) is 4.79 Å². The number of ether oxygens (including phenoxy) is 1. The van der Waals surface area contributed by atoms with Gasteiger partial charge in [0.05, 0.1) is 11.8 Å². The van der Waals surface area contributed by atoms with Crippen molar-refractivity contribution < 1.29 is 13.9 Å².